The fourth-order valence-corrected chi connectivity index (χ4v) is 3.73. The van der Waals surface area contributed by atoms with Gasteiger partial charge in [0.1, 0.15) is 34.3 Å². The van der Waals surface area contributed by atoms with Gasteiger partial charge >= 0.3 is 0 Å². The molecule has 3 aromatic rings. The van der Waals surface area contributed by atoms with E-state index in [9.17, 15) is 15.3 Å². The first-order valence-electron chi connectivity index (χ1n) is 8.93. The number of nitrogen functional groups attached to an aromatic ring is 1. The number of rotatable bonds is 6. The van der Waals surface area contributed by atoms with Gasteiger partial charge in [0.25, 0.3) is 0 Å². The number of ether oxygens (including phenoxy) is 1. The molecule has 3 N–H and O–H groups in total. The Kier molecular flexibility index (Phi) is 6.99. The van der Waals surface area contributed by atoms with E-state index in [0.717, 1.165) is 11.8 Å². The van der Waals surface area contributed by atoms with Gasteiger partial charge in [-0.25, -0.2) is 4.98 Å². The maximum Gasteiger partial charge on any atom is 0.234 e. The number of nitriles is 2. The monoisotopic (exact) mass is 449 g/mol. The highest BCUT2D eigenvalue weighted by Crippen LogP contribution is 2.36. The van der Waals surface area contributed by atoms with E-state index in [1.807, 2.05) is 6.07 Å². The van der Waals surface area contributed by atoms with Crippen LogP contribution in [0.5, 0.6) is 5.75 Å². The molecule has 0 saturated heterocycles. The molecule has 2 aromatic carbocycles. The van der Waals surface area contributed by atoms with Crippen LogP contribution in [0.15, 0.2) is 53.6 Å². The number of halogens is 1. The third-order valence-electron chi connectivity index (χ3n) is 4.26. The molecule has 0 radical (unpaired) electrons. The predicted molar refractivity (Wildman–Crippen MR) is 121 cm³/mol. The van der Waals surface area contributed by atoms with Crippen molar-refractivity contribution in [2.24, 2.45) is 0 Å². The van der Waals surface area contributed by atoms with Crippen LogP contribution in [0.2, 0.25) is 5.02 Å². The van der Waals surface area contributed by atoms with E-state index in [0.29, 0.717) is 27.6 Å². The largest absolute Gasteiger partial charge is 0.497 e. The van der Waals surface area contributed by atoms with Crippen molar-refractivity contribution in [2.75, 3.05) is 23.9 Å². The van der Waals surface area contributed by atoms with Gasteiger partial charge in [0.15, 0.2) is 0 Å². The number of carbonyl (C=O) groups excluding carboxylic acids is 1. The molecule has 0 spiro atoms. The second-order valence-corrected chi connectivity index (χ2v) is 7.62. The Labute approximate surface area is 188 Å². The van der Waals surface area contributed by atoms with Gasteiger partial charge in [-0.1, -0.05) is 35.5 Å². The number of nitrogens with one attached hydrogen (secondary N) is 1. The average Bonchev–Trinajstić information content (AvgIpc) is 2.78. The molecule has 1 amide bonds. The van der Waals surface area contributed by atoms with E-state index < -0.39 is 0 Å². The van der Waals surface area contributed by atoms with Crippen LogP contribution < -0.4 is 15.8 Å². The molecule has 0 saturated carbocycles. The minimum absolute atomic E-state index is 0.00228. The van der Waals surface area contributed by atoms with E-state index in [2.05, 4.69) is 16.4 Å². The summed E-state index contributed by atoms with van der Waals surface area (Å²) in [5, 5.41) is 23.0. The summed E-state index contributed by atoms with van der Waals surface area (Å²) in [5.74, 6) is 0.341. The van der Waals surface area contributed by atoms with Crippen molar-refractivity contribution >= 4 is 40.8 Å². The van der Waals surface area contributed by atoms with Gasteiger partial charge in [-0.05, 0) is 42.0 Å². The lowest BCUT2D eigenvalue weighted by atomic mass is 9.97. The highest BCUT2D eigenvalue weighted by Gasteiger charge is 2.21. The number of hydrogen-bond acceptors (Lipinski definition) is 7. The second kappa shape index (κ2) is 9.86. The Bertz CT molecular complexity index is 1200. The summed E-state index contributed by atoms with van der Waals surface area (Å²) in [6.07, 6.45) is 0. The molecular weight excluding hydrogens is 434 g/mol. The molecule has 7 nitrogen and oxygen atoms in total. The number of anilines is 2. The average molecular weight is 450 g/mol. The Hall–Kier alpha value is -3.72. The van der Waals surface area contributed by atoms with Gasteiger partial charge in [0, 0.05) is 16.3 Å². The number of thioether (sulfide) groups is 1. The van der Waals surface area contributed by atoms with Gasteiger partial charge in [-0.2, -0.15) is 10.5 Å². The number of methoxy groups -OCH3 is 1. The molecule has 0 atom stereocenters. The molecule has 154 valence electrons. The van der Waals surface area contributed by atoms with Gasteiger partial charge < -0.3 is 15.8 Å². The highest BCUT2D eigenvalue weighted by molar-refractivity contribution is 8.00. The molecular formula is C22H16ClN5O2S. The molecule has 31 heavy (non-hydrogen) atoms. The fraction of sp³-hybridized carbons (Fsp3) is 0.0909. The maximum atomic E-state index is 12.3. The van der Waals surface area contributed by atoms with E-state index in [1.165, 1.54) is 0 Å². The Morgan fingerprint density at radius 2 is 1.77 bits per heavy atom. The van der Waals surface area contributed by atoms with Crippen molar-refractivity contribution in [3.05, 3.63) is 64.7 Å². The van der Waals surface area contributed by atoms with E-state index in [1.54, 1.807) is 55.6 Å². The molecule has 0 aliphatic rings. The third-order valence-corrected chi connectivity index (χ3v) is 5.49. The summed E-state index contributed by atoms with van der Waals surface area (Å²) in [5.41, 5.74) is 7.88. The summed E-state index contributed by atoms with van der Waals surface area (Å²) in [4.78, 5) is 16.5. The zero-order valence-corrected chi connectivity index (χ0v) is 17.9. The summed E-state index contributed by atoms with van der Waals surface area (Å²) in [6.45, 7) is 0. The van der Waals surface area contributed by atoms with Crippen LogP contribution in [0.1, 0.15) is 11.1 Å². The van der Waals surface area contributed by atoms with Crippen LogP contribution in [0, 0.1) is 22.7 Å². The maximum absolute atomic E-state index is 12.3. The number of amides is 1. The van der Waals surface area contributed by atoms with E-state index in [-0.39, 0.29) is 33.6 Å². The lowest BCUT2D eigenvalue weighted by Crippen LogP contribution is -2.14. The van der Waals surface area contributed by atoms with Gasteiger partial charge in [-0.15, -0.1) is 0 Å². The van der Waals surface area contributed by atoms with Crippen LogP contribution >= 0.6 is 23.4 Å². The van der Waals surface area contributed by atoms with Crippen LogP contribution in [0.3, 0.4) is 0 Å². The Morgan fingerprint density at radius 3 is 2.35 bits per heavy atom. The van der Waals surface area contributed by atoms with Gasteiger partial charge in [0.2, 0.25) is 5.91 Å². The number of carbonyl (C=O) groups is 1. The van der Waals surface area contributed by atoms with Crippen LogP contribution in [-0.4, -0.2) is 23.8 Å². The first-order valence-corrected chi connectivity index (χ1v) is 10.3. The van der Waals surface area contributed by atoms with Crippen molar-refractivity contribution in [3.63, 3.8) is 0 Å². The number of benzene rings is 2. The number of nitrogens with two attached hydrogens (primary N) is 1. The quantitative estimate of drug-likeness (QED) is 0.532. The molecule has 9 heteroatoms. The van der Waals surface area contributed by atoms with Crippen LogP contribution in [0.25, 0.3) is 11.1 Å². The standard InChI is InChI=1S/C22H16ClN5O2S/c1-30-16-8-2-13(3-9-16)20-17(10-24)21(26)28-22(18(20)11-25)31-12-19(29)27-15-6-4-14(23)5-7-15/h2-9H,12H2,1H3,(H2,26,28)(H,27,29). The Morgan fingerprint density at radius 1 is 1.13 bits per heavy atom. The van der Waals surface area contributed by atoms with Crippen LogP contribution in [-0.2, 0) is 4.79 Å². The lowest BCUT2D eigenvalue weighted by molar-refractivity contribution is -0.113. The first-order chi connectivity index (χ1) is 15.0. The summed E-state index contributed by atoms with van der Waals surface area (Å²) in [7, 11) is 1.55. The minimum atomic E-state index is -0.285. The normalized spacial score (nSPS) is 10.1. The summed E-state index contributed by atoms with van der Waals surface area (Å²) in [6, 6.07) is 17.8. The number of nitrogens with zero attached hydrogens (tertiary/aromatic N) is 3. The molecule has 3 rings (SSSR count). The molecule has 0 aliphatic carbocycles. The topological polar surface area (TPSA) is 125 Å². The number of hydrogen-bond donors (Lipinski definition) is 2. The number of pyridine rings is 1. The number of aromatic nitrogens is 1. The zero-order valence-electron chi connectivity index (χ0n) is 16.3. The SMILES string of the molecule is COc1ccc(-c2c(C#N)c(N)nc(SCC(=O)Nc3ccc(Cl)cc3)c2C#N)cc1. The van der Waals surface area contributed by atoms with E-state index in [4.69, 9.17) is 22.1 Å². The van der Waals surface area contributed by atoms with Gasteiger partial charge in [0.05, 0.1) is 18.4 Å². The van der Waals surface area contributed by atoms with Crippen molar-refractivity contribution < 1.29 is 9.53 Å². The van der Waals surface area contributed by atoms with E-state index >= 15 is 0 Å². The van der Waals surface area contributed by atoms with Crippen molar-refractivity contribution in [1.29, 1.82) is 10.5 Å². The molecule has 1 aromatic heterocycles. The minimum Gasteiger partial charge on any atom is -0.497 e. The second-order valence-electron chi connectivity index (χ2n) is 6.22. The van der Waals surface area contributed by atoms with Crippen molar-refractivity contribution in [3.8, 4) is 29.0 Å². The fourth-order valence-electron chi connectivity index (χ4n) is 2.81. The first kappa shape index (κ1) is 22.0. The molecule has 0 aliphatic heterocycles. The lowest BCUT2D eigenvalue weighted by Gasteiger charge is -2.13. The summed E-state index contributed by atoms with van der Waals surface area (Å²) < 4.78 is 5.16. The Balaban J connectivity index is 1.91. The van der Waals surface area contributed by atoms with Crippen LogP contribution in [0.4, 0.5) is 11.5 Å². The zero-order chi connectivity index (χ0) is 22.4. The van der Waals surface area contributed by atoms with Gasteiger partial charge in [-0.3, -0.25) is 4.79 Å². The smallest absolute Gasteiger partial charge is 0.234 e. The summed E-state index contributed by atoms with van der Waals surface area (Å²) >= 11 is 6.91. The molecule has 0 fully saturated rings. The van der Waals surface area contributed by atoms with Crippen molar-refractivity contribution in [1.82, 2.24) is 4.98 Å². The van der Waals surface area contributed by atoms with Crippen molar-refractivity contribution in [2.45, 2.75) is 5.03 Å². The molecule has 0 unspecified atom stereocenters. The molecule has 1 heterocycles. The predicted octanol–water partition coefficient (Wildman–Crippen LogP) is 4.47. The third kappa shape index (κ3) is 5.07. The molecule has 0 bridgehead atoms. The highest BCUT2D eigenvalue weighted by atomic mass is 35.5.